The number of imidazole rings is 1. The van der Waals surface area contributed by atoms with E-state index in [1.807, 2.05) is 36.9 Å². The fraction of sp³-hybridized carbons (Fsp3) is 0.344. The number of anilines is 1. The van der Waals surface area contributed by atoms with Crippen molar-refractivity contribution >= 4 is 33.4 Å². The summed E-state index contributed by atoms with van der Waals surface area (Å²) < 4.78 is 7.82. The van der Waals surface area contributed by atoms with Gasteiger partial charge in [-0.1, -0.05) is 47.6 Å². The van der Waals surface area contributed by atoms with Crippen molar-refractivity contribution in [2.45, 2.75) is 70.6 Å². The van der Waals surface area contributed by atoms with E-state index in [0.29, 0.717) is 6.42 Å². The van der Waals surface area contributed by atoms with E-state index in [4.69, 9.17) is 9.51 Å². The van der Waals surface area contributed by atoms with Crippen LogP contribution in [-0.2, 0) is 4.79 Å². The second-order valence-electron chi connectivity index (χ2n) is 11.0. The Kier molecular flexibility index (Phi) is 5.77. The molecule has 0 unspecified atom stereocenters. The summed E-state index contributed by atoms with van der Waals surface area (Å²) in [7, 11) is 0. The molecule has 3 heterocycles. The SMILES string of the molecule is Cc1noc(C)c1-c1ccc2c(c1)nc([C@@H]1CCC(=O)N1c1cccc3ccccc13)n2[C@H]1CC[C@H](O)CC1. The van der Waals surface area contributed by atoms with Crippen molar-refractivity contribution in [1.82, 2.24) is 14.7 Å². The van der Waals surface area contributed by atoms with Gasteiger partial charge in [-0.3, -0.25) is 4.79 Å². The van der Waals surface area contributed by atoms with E-state index in [0.717, 1.165) is 88.0 Å². The molecule has 3 aromatic carbocycles. The quantitative estimate of drug-likeness (QED) is 0.282. The molecule has 2 fully saturated rings. The fourth-order valence-electron chi connectivity index (χ4n) is 6.75. The van der Waals surface area contributed by atoms with E-state index in [-0.39, 0.29) is 24.1 Å². The largest absolute Gasteiger partial charge is 0.393 e. The maximum Gasteiger partial charge on any atom is 0.227 e. The summed E-state index contributed by atoms with van der Waals surface area (Å²) in [6, 6.07) is 20.9. The van der Waals surface area contributed by atoms with Crippen LogP contribution in [0.5, 0.6) is 0 Å². The smallest absolute Gasteiger partial charge is 0.227 e. The number of hydrogen-bond acceptors (Lipinski definition) is 5. The summed E-state index contributed by atoms with van der Waals surface area (Å²) in [5.74, 6) is 1.85. The lowest BCUT2D eigenvalue weighted by Crippen LogP contribution is -2.31. The average Bonchev–Trinajstić information content (AvgIpc) is 3.62. The number of nitrogens with zero attached hydrogens (tertiary/aromatic N) is 4. The lowest BCUT2D eigenvalue weighted by Gasteiger charge is -2.32. The number of aliphatic hydroxyl groups is 1. The van der Waals surface area contributed by atoms with Crippen LogP contribution in [0.3, 0.4) is 0 Å². The minimum Gasteiger partial charge on any atom is -0.393 e. The van der Waals surface area contributed by atoms with E-state index < -0.39 is 0 Å². The predicted molar refractivity (Wildman–Crippen MR) is 152 cm³/mol. The molecule has 1 aliphatic heterocycles. The Morgan fingerprint density at radius 2 is 1.74 bits per heavy atom. The van der Waals surface area contributed by atoms with Crippen molar-refractivity contribution in [2.24, 2.45) is 0 Å². The van der Waals surface area contributed by atoms with Gasteiger partial charge in [0.05, 0.1) is 34.6 Å². The van der Waals surface area contributed by atoms with E-state index in [9.17, 15) is 9.90 Å². The van der Waals surface area contributed by atoms with E-state index in [1.165, 1.54) is 0 Å². The number of hydrogen-bond donors (Lipinski definition) is 1. The molecule has 2 aromatic heterocycles. The molecule has 0 bridgehead atoms. The highest BCUT2D eigenvalue weighted by molar-refractivity contribution is 6.05. The Bertz CT molecular complexity index is 1680. The molecule has 1 aliphatic carbocycles. The summed E-state index contributed by atoms with van der Waals surface area (Å²) in [4.78, 5) is 20.7. The lowest BCUT2D eigenvalue weighted by atomic mass is 9.92. The number of carbonyl (C=O) groups excluding carboxylic acids is 1. The van der Waals surface area contributed by atoms with Gasteiger partial charge in [-0.2, -0.15) is 0 Å². The molecule has 1 saturated heterocycles. The Morgan fingerprint density at radius 3 is 2.54 bits per heavy atom. The standard InChI is InChI=1S/C32H32N4O3/c1-19-31(20(2)39-34-19)22-10-15-28-26(18-22)33-32(35(28)23-11-13-24(37)14-12-23)29-16-17-30(38)36(29)27-9-5-7-21-6-3-4-8-25(21)27/h3-10,15,18,23-24,29,37H,11-14,16-17H2,1-2H3/t23-,24-,29-/m0/s1. The number of fused-ring (bicyclic) bond motifs is 2. The van der Waals surface area contributed by atoms with Crippen LogP contribution < -0.4 is 4.90 Å². The molecule has 39 heavy (non-hydrogen) atoms. The van der Waals surface area contributed by atoms with Crippen molar-refractivity contribution in [3.05, 3.63) is 77.9 Å². The van der Waals surface area contributed by atoms with E-state index in [1.54, 1.807) is 0 Å². The fourth-order valence-corrected chi connectivity index (χ4v) is 6.75. The van der Waals surface area contributed by atoms with E-state index in [2.05, 4.69) is 52.2 Å². The summed E-state index contributed by atoms with van der Waals surface area (Å²) in [6.07, 6.45) is 4.29. The predicted octanol–water partition coefficient (Wildman–Crippen LogP) is 6.81. The van der Waals surface area contributed by atoms with Gasteiger partial charge in [-0.25, -0.2) is 4.98 Å². The third-order valence-corrected chi connectivity index (χ3v) is 8.61. The van der Waals surface area contributed by atoms with Crippen LogP contribution in [0.1, 0.15) is 67.9 Å². The zero-order valence-corrected chi connectivity index (χ0v) is 22.3. The third-order valence-electron chi connectivity index (χ3n) is 8.61. The van der Waals surface area contributed by atoms with Crippen LogP contribution in [0.4, 0.5) is 5.69 Å². The first-order valence-electron chi connectivity index (χ1n) is 13.9. The zero-order valence-electron chi connectivity index (χ0n) is 22.3. The number of aryl methyl sites for hydroxylation is 2. The van der Waals surface area contributed by atoms with Gasteiger partial charge in [0.15, 0.2) is 0 Å². The first kappa shape index (κ1) is 24.1. The number of amides is 1. The van der Waals surface area contributed by atoms with Gasteiger partial charge in [-0.15, -0.1) is 0 Å². The highest BCUT2D eigenvalue weighted by Gasteiger charge is 2.39. The lowest BCUT2D eigenvalue weighted by molar-refractivity contribution is -0.117. The topological polar surface area (TPSA) is 84.4 Å². The second kappa shape index (κ2) is 9.35. The van der Waals surface area contributed by atoms with Crippen molar-refractivity contribution in [3.63, 3.8) is 0 Å². The van der Waals surface area contributed by atoms with Crippen molar-refractivity contribution in [2.75, 3.05) is 4.90 Å². The van der Waals surface area contributed by atoms with Gasteiger partial charge in [0, 0.05) is 23.4 Å². The van der Waals surface area contributed by atoms with Gasteiger partial charge in [0.25, 0.3) is 0 Å². The van der Waals surface area contributed by atoms with Crippen LogP contribution >= 0.6 is 0 Å². The molecule has 7 nitrogen and oxygen atoms in total. The van der Waals surface area contributed by atoms with E-state index >= 15 is 0 Å². The highest BCUT2D eigenvalue weighted by atomic mass is 16.5. The summed E-state index contributed by atoms with van der Waals surface area (Å²) in [5.41, 5.74) is 5.81. The molecule has 2 aliphatic rings. The molecular weight excluding hydrogens is 488 g/mol. The molecule has 0 spiro atoms. The molecule has 7 rings (SSSR count). The molecule has 7 heteroatoms. The monoisotopic (exact) mass is 520 g/mol. The summed E-state index contributed by atoms with van der Waals surface area (Å²) in [5, 5.41) is 16.6. The summed E-state index contributed by atoms with van der Waals surface area (Å²) >= 11 is 0. The third kappa shape index (κ3) is 3.95. The van der Waals surface area contributed by atoms with Crippen molar-refractivity contribution in [3.8, 4) is 11.1 Å². The van der Waals surface area contributed by atoms with Gasteiger partial charge in [0.2, 0.25) is 5.91 Å². The van der Waals surface area contributed by atoms with Crippen molar-refractivity contribution < 1.29 is 14.4 Å². The van der Waals surface area contributed by atoms with Crippen LogP contribution in [0.25, 0.3) is 32.9 Å². The molecule has 1 amide bonds. The molecule has 1 N–H and O–H groups in total. The number of aliphatic hydroxyl groups excluding tert-OH is 1. The first-order chi connectivity index (χ1) is 19.0. The molecule has 0 radical (unpaired) electrons. The van der Waals surface area contributed by atoms with Crippen LogP contribution in [0.15, 0.2) is 65.2 Å². The average molecular weight is 521 g/mol. The molecule has 5 aromatic rings. The van der Waals surface area contributed by atoms with Gasteiger partial charge in [-0.05, 0) is 75.1 Å². The Balaban J connectivity index is 1.40. The normalized spacial score (nSPS) is 21.9. The number of carbonyl (C=O) groups is 1. The second-order valence-corrected chi connectivity index (χ2v) is 11.0. The number of rotatable bonds is 4. The zero-order chi connectivity index (χ0) is 26.7. The molecule has 1 atom stereocenters. The highest BCUT2D eigenvalue weighted by Crippen LogP contribution is 2.43. The molecule has 1 saturated carbocycles. The van der Waals surface area contributed by atoms with Gasteiger partial charge in [0.1, 0.15) is 11.6 Å². The van der Waals surface area contributed by atoms with Crippen molar-refractivity contribution in [1.29, 1.82) is 0 Å². The number of benzene rings is 3. The van der Waals surface area contributed by atoms with Crippen LogP contribution in [0.2, 0.25) is 0 Å². The summed E-state index contributed by atoms with van der Waals surface area (Å²) in [6.45, 7) is 3.89. The maximum atomic E-state index is 13.5. The van der Waals surface area contributed by atoms with Crippen LogP contribution in [-0.4, -0.2) is 31.8 Å². The minimum absolute atomic E-state index is 0.130. The molecular formula is C32H32N4O3. The Morgan fingerprint density at radius 1 is 0.949 bits per heavy atom. The van der Waals surface area contributed by atoms with Gasteiger partial charge >= 0.3 is 0 Å². The van der Waals surface area contributed by atoms with Crippen LogP contribution in [0, 0.1) is 13.8 Å². The Hall–Kier alpha value is -3.97. The maximum absolute atomic E-state index is 13.5. The minimum atomic E-state index is -0.245. The van der Waals surface area contributed by atoms with Gasteiger partial charge < -0.3 is 19.1 Å². The first-order valence-corrected chi connectivity index (χ1v) is 13.9. The number of aromatic nitrogens is 3. The Labute approximate surface area is 227 Å². The molecule has 198 valence electrons.